The van der Waals surface area contributed by atoms with Gasteiger partial charge in [0.05, 0.1) is 0 Å². The molecule has 0 unspecified atom stereocenters. The van der Waals surface area contributed by atoms with Gasteiger partial charge in [-0.15, -0.1) is 0 Å². The van der Waals surface area contributed by atoms with Gasteiger partial charge in [0, 0.05) is 11.1 Å². The van der Waals surface area contributed by atoms with Gasteiger partial charge in [-0.1, -0.05) is 12.6 Å². The molecule has 1 aromatic rings. The third kappa shape index (κ3) is 2.68. The third-order valence-corrected chi connectivity index (χ3v) is 5.07. The predicted molar refractivity (Wildman–Crippen MR) is 81.8 cm³/mol. The molecular weight excluding hydrogens is 288 g/mol. The number of fused-ring (bicyclic) bond motifs is 2. The van der Waals surface area contributed by atoms with Gasteiger partial charge in [0.1, 0.15) is 0 Å². The van der Waals surface area contributed by atoms with Crippen LogP contribution in [0.1, 0.15) is 35.1 Å². The van der Waals surface area contributed by atoms with Crippen LogP contribution in [0.4, 0.5) is 10.5 Å². The fourth-order valence-electron chi connectivity index (χ4n) is 3.28. The van der Waals surface area contributed by atoms with E-state index in [1.165, 1.54) is 22.3 Å². The lowest BCUT2D eigenvalue weighted by Gasteiger charge is -2.16. The summed E-state index contributed by atoms with van der Waals surface area (Å²) in [5.74, 6) is 0. The van der Waals surface area contributed by atoms with Crippen LogP contribution in [0.25, 0.3) is 0 Å². The molecule has 1 aromatic carbocycles. The van der Waals surface area contributed by atoms with Gasteiger partial charge in [-0.05, 0) is 60.8 Å². The second-order valence-corrected chi connectivity index (χ2v) is 7.13. The molecule has 2 N–H and O–H groups in total. The van der Waals surface area contributed by atoms with Crippen molar-refractivity contribution >= 4 is 21.7 Å². The van der Waals surface area contributed by atoms with Gasteiger partial charge in [0.15, 0.2) is 0 Å². The van der Waals surface area contributed by atoms with Crippen LogP contribution >= 0.6 is 0 Å². The SMILES string of the molecule is C=CS(=O)(=O)NC(=O)Nc1c2c(cc3c1CCC3)CCC2. The number of carbonyl (C=O) groups is 1. The maximum atomic E-state index is 11.9. The molecule has 5 nitrogen and oxygen atoms in total. The van der Waals surface area contributed by atoms with Crippen molar-refractivity contribution in [2.45, 2.75) is 38.5 Å². The summed E-state index contributed by atoms with van der Waals surface area (Å²) >= 11 is 0. The molecule has 2 amide bonds. The van der Waals surface area contributed by atoms with Crippen molar-refractivity contribution in [2.24, 2.45) is 0 Å². The van der Waals surface area contributed by atoms with E-state index < -0.39 is 16.1 Å². The molecule has 0 fully saturated rings. The van der Waals surface area contributed by atoms with Gasteiger partial charge in [0.25, 0.3) is 10.0 Å². The van der Waals surface area contributed by atoms with E-state index in [1.54, 1.807) is 0 Å². The zero-order valence-electron chi connectivity index (χ0n) is 11.7. The Kier molecular flexibility index (Phi) is 3.49. The van der Waals surface area contributed by atoms with Crippen LogP contribution < -0.4 is 10.0 Å². The maximum Gasteiger partial charge on any atom is 0.333 e. The number of benzene rings is 1. The summed E-state index contributed by atoms with van der Waals surface area (Å²) < 4.78 is 24.7. The van der Waals surface area contributed by atoms with Crippen LogP contribution in [0.15, 0.2) is 18.1 Å². The zero-order valence-corrected chi connectivity index (χ0v) is 12.6. The number of urea groups is 1. The standard InChI is InChI=1S/C15H18N2O3S/c1-2-21(19,20)17-15(18)16-14-12-7-3-5-10(12)9-11-6-4-8-13(11)14/h2,9H,1,3-8H2,(H2,16,17,18). The second-order valence-electron chi connectivity index (χ2n) is 5.50. The van der Waals surface area contributed by atoms with E-state index in [2.05, 4.69) is 18.0 Å². The van der Waals surface area contributed by atoms with Crippen molar-refractivity contribution in [2.75, 3.05) is 5.32 Å². The molecule has 0 spiro atoms. The molecule has 6 heteroatoms. The smallest absolute Gasteiger partial charge is 0.307 e. The van der Waals surface area contributed by atoms with Crippen molar-refractivity contribution < 1.29 is 13.2 Å². The predicted octanol–water partition coefficient (Wildman–Crippen LogP) is 2.26. The lowest BCUT2D eigenvalue weighted by Crippen LogP contribution is -2.33. The highest BCUT2D eigenvalue weighted by molar-refractivity contribution is 7.92. The Hall–Kier alpha value is -1.82. The molecule has 0 saturated heterocycles. The fourth-order valence-corrected chi connectivity index (χ4v) is 3.67. The van der Waals surface area contributed by atoms with Crippen molar-refractivity contribution in [1.82, 2.24) is 4.72 Å². The summed E-state index contributed by atoms with van der Waals surface area (Å²) in [5, 5.41) is 3.48. The van der Waals surface area contributed by atoms with Gasteiger partial charge < -0.3 is 5.32 Å². The van der Waals surface area contributed by atoms with Crippen LogP contribution in [0, 0.1) is 0 Å². The lowest BCUT2D eigenvalue weighted by atomic mass is 9.99. The molecule has 3 rings (SSSR count). The van der Waals surface area contributed by atoms with Crippen LogP contribution in [0.5, 0.6) is 0 Å². The van der Waals surface area contributed by atoms with Crippen molar-refractivity contribution in [3.63, 3.8) is 0 Å². The highest BCUT2D eigenvalue weighted by Crippen LogP contribution is 2.38. The average Bonchev–Trinajstić information content (AvgIpc) is 3.06. The van der Waals surface area contributed by atoms with Crippen LogP contribution in [-0.4, -0.2) is 14.4 Å². The Balaban J connectivity index is 1.92. The quantitative estimate of drug-likeness (QED) is 0.899. The Morgan fingerprint density at radius 2 is 1.67 bits per heavy atom. The first kappa shape index (κ1) is 14.1. The molecule has 0 heterocycles. The minimum atomic E-state index is -3.77. The monoisotopic (exact) mass is 306 g/mol. The summed E-state index contributed by atoms with van der Waals surface area (Å²) in [6.07, 6.45) is 6.10. The number of rotatable bonds is 3. The van der Waals surface area contributed by atoms with E-state index in [9.17, 15) is 13.2 Å². The van der Waals surface area contributed by atoms with Crippen LogP contribution in [0.3, 0.4) is 0 Å². The van der Waals surface area contributed by atoms with Crippen molar-refractivity contribution in [3.8, 4) is 0 Å². The van der Waals surface area contributed by atoms with E-state index in [0.29, 0.717) is 0 Å². The lowest BCUT2D eigenvalue weighted by molar-refractivity contribution is 0.256. The second kappa shape index (κ2) is 5.18. The van der Waals surface area contributed by atoms with Gasteiger partial charge >= 0.3 is 6.03 Å². The number of carbonyl (C=O) groups excluding carboxylic acids is 1. The summed E-state index contributed by atoms with van der Waals surface area (Å²) in [7, 11) is -3.77. The molecule has 0 bridgehead atoms. The molecule has 2 aliphatic carbocycles. The van der Waals surface area contributed by atoms with Gasteiger partial charge in [-0.3, -0.25) is 0 Å². The molecule has 112 valence electrons. The van der Waals surface area contributed by atoms with Gasteiger partial charge in [-0.25, -0.2) is 17.9 Å². The third-order valence-electron chi connectivity index (χ3n) is 4.17. The zero-order chi connectivity index (χ0) is 15.0. The first-order valence-electron chi connectivity index (χ1n) is 7.13. The first-order chi connectivity index (χ1) is 10.00. The summed E-state index contributed by atoms with van der Waals surface area (Å²) in [6.45, 7) is 3.18. The Morgan fingerprint density at radius 1 is 1.10 bits per heavy atom. The Morgan fingerprint density at radius 3 is 2.19 bits per heavy atom. The number of anilines is 1. The minimum absolute atomic E-state index is 0.718. The largest absolute Gasteiger partial charge is 0.333 e. The number of sulfonamides is 1. The number of hydrogen-bond donors (Lipinski definition) is 2. The molecule has 21 heavy (non-hydrogen) atoms. The number of amides is 2. The highest BCUT2D eigenvalue weighted by atomic mass is 32.2. The minimum Gasteiger partial charge on any atom is -0.307 e. The number of nitrogens with one attached hydrogen (secondary N) is 2. The summed E-state index contributed by atoms with van der Waals surface area (Å²) in [4.78, 5) is 11.9. The normalized spacial score (nSPS) is 16.2. The first-order valence-corrected chi connectivity index (χ1v) is 8.67. The van der Waals surface area contributed by atoms with Crippen molar-refractivity contribution in [3.05, 3.63) is 40.3 Å². The maximum absolute atomic E-state index is 11.9. The molecule has 0 saturated carbocycles. The van der Waals surface area contributed by atoms with E-state index in [1.807, 2.05) is 4.72 Å². The average molecular weight is 306 g/mol. The summed E-state index contributed by atoms with van der Waals surface area (Å²) in [5.41, 5.74) is 5.74. The number of aryl methyl sites for hydroxylation is 2. The summed E-state index contributed by atoms with van der Waals surface area (Å²) in [6, 6.07) is 1.54. The van der Waals surface area contributed by atoms with Crippen LogP contribution in [-0.2, 0) is 35.7 Å². The topological polar surface area (TPSA) is 75.3 Å². The molecule has 0 radical (unpaired) electrons. The van der Waals surface area contributed by atoms with E-state index in [0.717, 1.165) is 49.6 Å². The van der Waals surface area contributed by atoms with Gasteiger partial charge in [-0.2, -0.15) is 0 Å². The van der Waals surface area contributed by atoms with E-state index >= 15 is 0 Å². The van der Waals surface area contributed by atoms with E-state index in [4.69, 9.17) is 0 Å². The number of hydrogen-bond acceptors (Lipinski definition) is 3. The molecule has 0 aromatic heterocycles. The molecule has 0 aliphatic heterocycles. The van der Waals surface area contributed by atoms with Crippen LogP contribution in [0.2, 0.25) is 0 Å². The Labute approximate surface area is 124 Å². The fraction of sp³-hybridized carbons (Fsp3) is 0.400. The molecule has 0 atom stereocenters. The molecular formula is C15H18N2O3S. The van der Waals surface area contributed by atoms with Gasteiger partial charge in [0.2, 0.25) is 0 Å². The van der Waals surface area contributed by atoms with Crippen molar-refractivity contribution in [1.29, 1.82) is 0 Å². The van der Waals surface area contributed by atoms with E-state index in [-0.39, 0.29) is 0 Å². The Bertz CT molecular complexity index is 691. The molecule has 2 aliphatic rings. The highest BCUT2D eigenvalue weighted by Gasteiger charge is 2.25.